The average Bonchev–Trinajstić information content (AvgIpc) is 3.30. The number of hydrogen-bond donors (Lipinski definition) is 2. The van der Waals surface area contributed by atoms with Crippen molar-refractivity contribution in [2.75, 3.05) is 0 Å². The molecule has 8 heteroatoms. The van der Waals surface area contributed by atoms with Crippen LogP contribution in [0.2, 0.25) is 5.02 Å². The van der Waals surface area contributed by atoms with E-state index in [1.165, 1.54) is 24.3 Å². The zero-order valence-electron chi connectivity index (χ0n) is 19.4. The number of aromatic carboxylic acids is 1. The normalized spacial score (nSPS) is 11.0. The smallest absolute Gasteiger partial charge is 0.335 e. The molecular formula is C29H20ClFN2O4. The summed E-state index contributed by atoms with van der Waals surface area (Å²) in [4.78, 5) is 24.5. The number of aromatic nitrogens is 1. The summed E-state index contributed by atoms with van der Waals surface area (Å²) >= 11 is 6.14. The summed E-state index contributed by atoms with van der Waals surface area (Å²) in [5.74, 6) is -1.22. The lowest BCUT2D eigenvalue weighted by Crippen LogP contribution is -2.23. The van der Waals surface area contributed by atoms with Crippen LogP contribution in [-0.2, 0) is 13.0 Å². The SMILES string of the molecule is O=C(O)c1ccc(CNC(=O)c2cc(-c3ccc(F)cc3)cc3noc(Cc4cccc(Cl)c4)c23)cc1. The highest BCUT2D eigenvalue weighted by molar-refractivity contribution is 6.30. The van der Waals surface area contributed by atoms with Crippen LogP contribution in [0.1, 0.15) is 37.6 Å². The molecule has 5 aromatic rings. The van der Waals surface area contributed by atoms with Crippen LogP contribution in [-0.4, -0.2) is 22.1 Å². The van der Waals surface area contributed by atoms with Crippen molar-refractivity contribution in [3.05, 3.63) is 124 Å². The van der Waals surface area contributed by atoms with Crippen molar-refractivity contribution in [2.24, 2.45) is 0 Å². The lowest BCUT2D eigenvalue weighted by atomic mass is 9.97. The van der Waals surface area contributed by atoms with Crippen molar-refractivity contribution in [1.29, 1.82) is 0 Å². The first-order valence-electron chi connectivity index (χ1n) is 11.4. The Morgan fingerprint density at radius 2 is 1.68 bits per heavy atom. The Morgan fingerprint density at radius 3 is 2.38 bits per heavy atom. The van der Waals surface area contributed by atoms with Crippen LogP contribution in [0.4, 0.5) is 4.39 Å². The molecule has 0 aliphatic carbocycles. The molecule has 6 nitrogen and oxygen atoms in total. The summed E-state index contributed by atoms with van der Waals surface area (Å²) < 4.78 is 19.2. The number of halogens is 2. The summed E-state index contributed by atoms with van der Waals surface area (Å²) in [5.41, 5.74) is 4.07. The Balaban J connectivity index is 1.52. The Kier molecular flexibility index (Phi) is 6.70. The number of nitrogens with zero attached hydrogens (tertiary/aromatic N) is 1. The molecule has 0 bridgehead atoms. The maximum atomic E-state index is 13.5. The van der Waals surface area contributed by atoms with Crippen molar-refractivity contribution >= 4 is 34.4 Å². The zero-order chi connectivity index (χ0) is 25.9. The molecule has 0 spiro atoms. The fourth-order valence-electron chi connectivity index (χ4n) is 4.13. The van der Waals surface area contributed by atoms with Gasteiger partial charge in [-0.2, -0.15) is 0 Å². The van der Waals surface area contributed by atoms with E-state index in [9.17, 15) is 14.0 Å². The minimum absolute atomic E-state index is 0.166. The van der Waals surface area contributed by atoms with Crippen LogP contribution in [0.15, 0.2) is 89.5 Å². The first-order chi connectivity index (χ1) is 17.9. The molecule has 0 aliphatic rings. The Hall–Kier alpha value is -4.49. The standard InChI is InChI=1S/C29H20ClFN2O4/c30-22-3-1-2-18(12-22)13-26-27-24(28(34)32-16-17-4-6-20(7-5-17)29(35)36)14-21(15-25(27)33-37-26)19-8-10-23(31)11-9-19/h1-12,14-15H,13,16H2,(H,32,34)(H,35,36). The van der Waals surface area contributed by atoms with Crippen molar-refractivity contribution in [1.82, 2.24) is 10.5 Å². The largest absolute Gasteiger partial charge is 0.478 e. The van der Waals surface area contributed by atoms with Gasteiger partial charge in [-0.25, -0.2) is 9.18 Å². The molecule has 0 unspecified atom stereocenters. The molecule has 4 aromatic carbocycles. The van der Waals surface area contributed by atoms with E-state index in [1.807, 2.05) is 18.2 Å². The number of carbonyl (C=O) groups excluding carboxylic acids is 1. The zero-order valence-corrected chi connectivity index (χ0v) is 20.1. The van der Waals surface area contributed by atoms with Crippen molar-refractivity contribution in [3.63, 3.8) is 0 Å². The number of carboxylic acid groups (broad SMARTS) is 1. The van der Waals surface area contributed by atoms with Crippen LogP contribution in [0.25, 0.3) is 22.0 Å². The second kappa shape index (κ2) is 10.2. The molecule has 0 saturated heterocycles. The van der Waals surface area contributed by atoms with Gasteiger partial charge in [0, 0.05) is 18.0 Å². The van der Waals surface area contributed by atoms with Crippen molar-refractivity contribution in [2.45, 2.75) is 13.0 Å². The summed E-state index contributed by atoms with van der Waals surface area (Å²) in [5, 5.41) is 17.4. The third-order valence-corrected chi connectivity index (χ3v) is 6.22. The quantitative estimate of drug-likeness (QED) is 0.258. The summed E-state index contributed by atoms with van der Waals surface area (Å²) in [6.45, 7) is 0.190. The van der Waals surface area contributed by atoms with Gasteiger partial charge < -0.3 is 14.9 Å². The monoisotopic (exact) mass is 514 g/mol. The van der Waals surface area contributed by atoms with Gasteiger partial charge in [0.25, 0.3) is 5.91 Å². The topological polar surface area (TPSA) is 92.4 Å². The number of carboxylic acids is 1. The van der Waals surface area contributed by atoms with E-state index in [0.717, 1.165) is 16.7 Å². The predicted octanol–water partition coefficient (Wildman–Crippen LogP) is 6.51. The fourth-order valence-corrected chi connectivity index (χ4v) is 4.34. The molecule has 0 aliphatic heterocycles. The van der Waals surface area contributed by atoms with Gasteiger partial charge >= 0.3 is 5.97 Å². The molecule has 0 radical (unpaired) electrons. The Labute approximate surface area is 216 Å². The number of benzene rings is 4. The minimum Gasteiger partial charge on any atom is -0.478 e. The van der Waals surface area contributed by atoms with E-state index in [2.05, 4.69) is 10.5 Å². The fraction of sp³-hybridized carbons (Fsp3) is 0.0690. The van der Waals surface area contributed by atoms with Gasteiger partial charge in [-0.1, -0.05) is 53.2 Å². The average molecular weight is 515 g/mol. The van der Waals surface area contributed by atoms with Gasteiger partial charge in [0.05, 0.1) is 16.5 Å². The van der Waals surface area contributed by atoms with Crippen LogP contribution < -0.4 is 5.32 Å². The molecule has 2 N–H and O–H groups in total. The summed E-state index contributed by atoms with van der Waals surface area (Å²) in [6, 6.07) is 23.1. The van der Waals surface area contributed by atoms with E-state index in [0.29, 0.717) is 39.2 Å². The van der Waals surface area contributed by atoms with Gasteiger partial charge in [0.1, 0.15) is 17.1 Å². The van der Waals surface area contributed by atoms with Crippen LogP contribution in [0.3, 0.4) is 0 Å². The number of amides is 1. The van der Waals surface area contributed by atoms with Crippen molar-refractivity contribution in [3.8, 4) is 11.1 Å². The minimum atomic E-state index is -1.02. The molecule has 5 rings (SSSR count). The highest BCUT2D eigenvalue weighted by atomic mass is 35.5. The molecule has 184 valence electrons. The number of fused-ring (bicyclic) bond motifs is 1. The maximum absolute atomic E-state index is 13.5. The van der Waals surface area contributed by atoms with Crippen LogP contribution in [0.5, 0.6) is 0 Å². The lowest BCUT2D eigenvalue weighted by molar-refractivity contribution is 0.0696. The molecular weight excluding hydrogens is 495 g/mol. The number of nitrogens with one attached hydrogen (secondary N) is 1. The van der Waals surface area contributed by atoms with Gasteiger partial charge in [-0.3, -0.25) is 4.79 Å². The predicted molar refractivity (Wildman–Crippen MR) is 138 cm³/mol. The van der Waals surface area contributed by atoms with Gasteiger partial charge in [0.2, 0.25) is 0 Å². The summed E-state index contributed by atoms with van der Waals surface area (Å²) in [7, 11) is 0. The molecule has 37 heavy (non-hydrogen) atoms. The molecule has 0 saturated carbocycles. The second-order valence-corrected chi connectivity index (χ2v) is 8.96. The van der Waals surface area contributed by atoms with Crippen LogP contribution in [0, 0.1) is 5.82 Å². The van der Waals surface area contributed by atoms with Gasteiger partial charge in [0.15, 0.2) is 0 Å². The molecule has 1 aromatic heterocycles. The van der Waals surface area contributed by atoms with E-state index in [1.54, 1.807) is 42.5 Å². The Bertz CT molecular complexity index is 1610. The van der Waals surface area contributed by atoms with E-state index in [-0.39, 0.29) is 23.8 Å². The van der Waals surface area contributed by atoms with Crippen LogP contribution >= 0.6 is 11.6 Å². The third-order valence-electron chi connectivity index (χ3n) is 5.98. The Morgan fingerprint density at radius 1 is 0.919 bits per heavy atom. The van der Waals surface area contributed by atoms with E-state index in [4.69, 9.17) is 21.2 Å². The second-order valence-electron chi connectivity index (χ2n) is 8.52. The molecule has 0 atom stereocenters. The van der Waals surface area contributed by atoms with Crippen molar-refractivity contribution < 1.29 is 23.6 Å². The highest BCUT2D eigenvalue weighted by Gasteiger charge is 2.20. The number of carbonyl (C=O) groups is 2. The maximum Gasteiger partial charge on any atom is 0.335 e. The summed E-state index contributed by atoms with van der Waals surface area (Å²) in [6.07, 6.45) is 0.379. The third kappa shape index (κ3) is 5.37. The molecule has 0 fully saturated rings. The highest BCUT2D eigenvalue weighted by Crippen LogP contribution is 2.31. The first-order valence-corrected chi connectivity index (χ1v) is 11.8. The lowest BCUT2D eigenvalue weighted by Gasteiger charge is -2.10. The molecule has 1 amide bonds. The van der Waals surface area contributed by atoms with E-state index >= 15 is 0 Å². The number of rotatable bonds is 7. The number of hydrogen-bond acceptors (Lipinski definition) is 4. The van der Waals surface area contributed by atoms with Gasteiger partial charge in [-0.15, -0.1) is 0 Å². The van der Waals surface area contributed by atoms with E-state index < -0.39 is 5.97 Å². The van der Waals surface area contributed by atoms with Gasteiger partial charge in [-0.05, 0) is 70.8 Å². The molecule has 1 heterocycles. The first kappa shape index (κ1) is 24.2.